The van der Waals surface area contributed by atoms with Crippen LogP contribution in [0.5, 0.6) is 0 Å². The molecule has 0 bridgehead atoms. The Kier molecular flexibility index (Phi) is 14.6. The molecular formula is C38H46N8O8. The number of H-pyrrole nitrogens is 1. The van der Waals surface area contributed by atoms with Gasteiger partial charge in [0.25, 0.3) is 0 Å². The number of para-hydroxylation sites is 1. The number of nitrogens with one attached hydrogen (secondary N) is 5. The number of hydrogen-bond acceptors (Lipinski definition) is 8. The first kappa shape index (κ1) is 40.5. The number of carboxylic acid groups (broad SMARTS) is 1. The Morgan fingerprint density at radius 3 is 2.20 bits per heavy atom. The Labute approximate surface area is 311 Å². The van der Waals surface area contributed by atoms with E-state index in [0.717, 1.165) is 27.2 Å². The van der Waals surface area contributed by atoms with Crippen molar-refractivity contribution in [1.29, 1.82) is 0 Å². The SMILES string of the molecule is CC(=O)N[C@@H](CCC(=O)O)C(=O)N[C@@H](Cc1c[nH]c2ccccc12)C(=O)N[C@@H](CCCN=C(N)N)C(=O)[C@H](CC(=O)NO)Cc1ccc2ccccc2c1. The van der Waals surface area contributed by atoms with Crippen LogP contribution in [0.2, 0.25) is 0 Å². The number of nitrogens with zero attached hydrogens (tertiary/aromatic N) is 1. The van der Waals surface area contributed by atoms with Crippen LogP contribution in [0.25, 0.3) is 21.7 Å². The summed E-state index contributed by atoms with van der Waals surface area (Å²) in [6, 6.07) is 16.9. The first-order valence-electron chi connectivity index (χ1n) is 17.5. The number of fused-ring (bicyclic) bond motifs is 2. The number of hydroxylamine groups is 1. The zero-order chi connectivity index (χ0) is 39.2. The molecule has 4 rings (SSSR count). The Bertz CT molecular complexity index is 2010. The minimum atomic E-state index is -1.30. The fourth-order valence-corrected chi connectivity index (χ4v) is 6.32. The molecule has 3 aromatic carbocycles. The lowest BCUT2D eigenvalue weighted by Crippen LogP contribution is -2.57. The normalized spacial score (nSPS) is 13.2. The van der Waals surface area contributed by atoms with Gasteiger partial charge in [-0.2, -0.15) is 0 Å². The van der Waals surface area contributed by atoms with Crippen molar-refractivity contribution in [2.45, 2.75) is 70.0 Å². The summed E-state index contributed by atoms with van der Waals surface area (Å²) in [4.78, 5) is 85.1. The molecule has 0 saturated carbocycles. The van der Waals surface area contributed by atoms with Gasteiger partial charge in [-0.3, -0.25) is 39.0 Å². The minimum Gasteiger partial charge on any atom is -0.481 e. The maximum Gasteiger partial charge on any atom is 0.303 e. The summed E-state index contributed by atoms with van der Waals surface area (Å²) < 4.78 is 0. The van der Waals surface area contributed by atoms with Crippen LogP contribution in [-0.4, -0.2) is 81.3 Å². The molecule has 54 heavy (non-hydrogen) atoms. The number of aromatic amines is 1. The number of aliphatic imine (C=N–C) groups is 1. The monoisotopic (exact) mass is 742 g/mol. The highest BCUT2D eigenvalue weighted by Crippen LogP contribution is 2.23. The molecule has 1 aromatic heterocycles. The number of carbonyl (C=O) groups excluding carboxylic acids is 5. The van der Waals surface area contributed by atoms with Crippen LogP contribution in [-0.2, 0) is 41.6 Å². The summed E-state index contributed by atoms with van der Waals surface area (Å²) in [5.74, 6) is -5.74. The van der Waals surface area contributed by atoms with Crippen molar-refractivity contribution >= 4 is 63.0 Å². The Morgan fingerprint density at radius 1 is 0.815 bits per heavy atom. The molecule has 0 saturated heterocycles. The number of hydrogen-bond donors (Lipinski definition) is 9. The third-order valence-electron chi connectivity index (χ3n) is 8.93. The molecule has 11 N–H and O–H groups in total. The van der Waals surface area contributed by atoms with Crippen LogP contribution in [0.15, 0.2) is 77.9 Å². The molecule has 1 heterocycles. The van der Waals surface area contributed by atoms with Crippen molar-refractivity contribution in [2.24, 2.45) is 22.4 Å². The highest BCUT2D eigenvalue weighted by molar-refractivity contribution is 5.97. The fourth-order valence-electron chi connectivity index (χ4n) is 6.32. The quantitative estimate of drug-likeness (QED) is 0.0207. The number of aliphatic carboxylic acids is 1. The number of guanidine groups is 1. The summed E-state index contributed by atoms with van der Waals surface area (Å²) in [5.41, 5.74) is 14.8. The van der Waals surface area contributed by atoms with Gasteiger partial charge in [-0.05, 0) is 53.6 Å². The number of ketones is 1. The van der Waals surface area contributed by atoms with Gasteiger partial charge in [-0.25, -0.2) is 5.48 Å². The van der Waals surface area contributed by atoms with E-state index in [1.54, 1.807) is 11.7 Å². The zero-order valence-corrected chi connectivity index (χ0v) is 29.8. The zero-order valence-electron chi connectivity index (χ0n) is 29.8. The lowest BCUT2D eigenvalue weighted by atomic mass is 9.86. The number of aromatic nitrogens is 1. The van der Waals surface area contributed by atoms with E-state index in [9.17, 15) is 39.1 Å². The average Bonchev–Trinajstić information content (AvgIpc) is 3.55. The maximum absolute atomic E-state index is 14.4. The molecule has 0 radical (unpaired) electrons. The summed E-state index contributed by atoms with van der Waals surface area (Å²) in [6.45, 7) is 1.31. The molecule has 16 heteroatoms. The number of amides is 4. The number of benzene rings is 3. The van der Waals surface area contributed by atoms with Gasteiger partial charge < -0.3 is 37.5 Å². The number of carbonyl (C=O) groups is 6. The Hall–Kier alpha value is -6.29. The van der Waals surface area contributed by atoms with Crippen LogP contribution < -0.4 is 32.9 Å². The topological polar surface area (TPSA) is 271 Å². The van der Waals surface area contributed by atoms with Crippen molar-refractivity contribution < 1.29 is 39.1 Å². The van der Waals surface area contributed by atoms with E-state index < -0.39 is 65.8 Å². The molecule has 0 unspecified atom stereocenters. The van der Waals surface area contributed by atoms with E-state index in [2.05, 4.69) is 25.9 Å². The third kappa shape index (κ3) is 11.9. The van der Waals surface area contributed by atoms with Crippen molar-refractivity contribution in [3.8, 4) is 0 Å². The van der Waals surface area contributed by atoms with Gasteiger partial charge in [-0.1, -0.05) is 60.7 Å². The first-order chi connectivity index (χ1) is 25.8. The van der Waals surface area contributed by atoms with Crippen LogP contribution in [0.1, 0.15) is 50.2 Å². The fraction of sp³-hybridized carbons (Fsp3) is 0.342. The van der Waals surface area contributed by atoms with Gasteiger partial charge in [0, 0.05) is 55.7 Å². The van der Waals surface area contributed by atoms with Gasteiger partial charge in [0.15, 0.2) is 11.7 Å². The van der Waals surface area contributed by atoms with E-state index in [4.69, 9.17) is 11.5 Å². The maximum atomic E-state index is 14.4. The second-order valence-corrected chi connectivity index (χ2v) is 13.0. The van der Waals surface area contributed by atoms with Crippen molar-refractivity contribution in [2.75, 3.05) is 6.54 Å². The van der Waals surface area contributed by atoms with Gasteiger partial charge in [0.05, 0.1) is 6.04 Å². The summed E-state index contributed by atoms with van der Waals surface area (Å²) >= 11 is 0. The molecule has 0 spiro atoms. The van der Waals surface area contributed by atoms with E-state index in [0.29, 0.717) is 5.56 Å². The number of nitrogens with two attached hydrogens (primary N) is 2. The van der Waals surface area contributed by atoms with Crippen LogP contribution in [0.4, 0.5) is 0 Å². The van der Waals surface area contributed by atoms with Gasteiger partial charge in [0.1, 0.15) is 12.1 Å². The second-order valence-electron chi connectivity index (χ2n) is 13.0. The minimum absolute atomic E-state index is 0.0460. The number of Topliss-reactive ketones (excluding diaryl/α,β-unsaturated/α-hetero) is 1. The molecule has 4 atom stereocenters. The summed E-state index contributed by atoms with van der Waals surface area (Å²) in [5, 5.41) is 29.2. The van der Waals surface area contributed by atoms with Gasteiger partial charge >= 0.3 is 5.97 Å². The third-order valence-corrected chi connectivity index (χ3v) is 8.93. The molecule has 16 nitrogen and oxygen atoms in total. The lowest BCUT2D eigenvalue weighted by Gasteiger charge is -2.27. The van der Waals surface area contributed by atoms with E-state index >= 15 is 0 Å². The van der Waals surface area contributed by atoms with E-state index in [-0.39, 0.29) is 51.0 Å². The molecule has 0 fully saturated rings. The van der Waals surface area contributed by atoms with Crippen molar-refractivity contribution in [3.05, 3.63) is 84.1 Å². The summed E-state index contributed by atoms with van der Waals surface area (Å²) in [6.07, 6.45) is 1.00. The molecule has 4 amide bonds. The van der Waals surface area contributed by atoms with E-state index in [1.165, 1.54) is 6.92 Å². The number of carboxylic acids is 1. The van der Waals surface area contributed by atoms with Gasteiger partial charge in [-0.15, -0.1) is 0 Å². The first-order valence-corrected chi connectivity index (χ1v) is 17.5. The molecular weight excluding hydrogens is 696 g/mol. The molecule has 0 aliphatic carbocycles. The second kappa shape index (κ2) is 19.5. The highest BCUT2D eigenvalue weighted by Gasteiger charge is 2.33. The Morgan fingerprint density at radius 2 is 1.50 bits per heavy atom. The summed E-state index contributed by atoms with van der Waals surface area (Å²) in [7, 11) is 0. The predicted octanol–water partition coefficient (Wildman–Crippen LogP) is 1.58. The molecule has 0 aliphatic heterocycles. The van der Waals surface area contributed by atoms with Gasteiger partial charge in [0.2, 0.25) is 23.6 Å². The van der Waals surface area contributed by atoms with Crippen LogP contribution in [0.3, 0.4) is 0 Å². The smallest absolute Gasteiger partial charge is 0.303 e. The average molecular weight is 743 g/mol. The molecule has 0 aliphatic rings. The Balaban J connectivity index is 1.67. The standard InChI is InChI=1S/C38H46N8O8/c1-22(47)43-31(14-15-34(49)50)36(52)45-32(19-27-21-42-29-10-5-4-9-28(27)29)37(53)44-30(11-6-16-41-38(39)40)35(51)26(20-33(48)46-54)18-23-12-13-24-7-2-3-8-25(24)17-23/h2-5,7-10,12-13,17,21,26,30-32,42,54H,6,11,14-16,18-20H2,1H3,(H,43,47)(H,44,53)(H,45,52)(H,46,48)(H,49,50)(H4,39,40,41)/t26-,30-,31-,32-/m0/s1. The largest absolute Gasteiger partial charge is 0.481 e. The van der Waals surface area contributed by atoms with E-state index in [1.807, 2.05) is 66.7 Å². The highest BCUT2D eigenvalue weighted by atomic mass is 16.5. The van der Waals surface area contributed by atoms with Crippen molar-refractivity contribution in [1.82, 2.24) is 26.4 Å². The molecule has 286 valence electrons. The lowest BCUT2D eigenvalue weighted by molar-refractivity contribution is -0.138. The van der Waals surface area contributed by atoms with Crippen molar-refractivity contribution in [3.63, 3.8) is 0 Å². The molecule has 4 aromatic rings. The van der Waals surface area contributed by atoms with Crippen LogP contribution in [0, 0.1) is 5.92 Å². The predicted molar refractivity (Wildman–Crippen MR) is 201 cm³/mol. The number of rotatable bonds is 20. The van der Waals surface area contributed by atoms with Crippen LogP contribution >= 0.6 is 0 Å².